The van der Waals surface area contributed by atoms with E-state index in [1.165, 1.54) is 158 Å². The molecule has 0 spiro atoms. The second-order valence-corrected chi connectivity index (χ2v) is 37.0. The molecule has 0 saturated heterocycles. The van der Waals surface area contributed by atoms with E-state index in [2.05, 4.69) is 317 Å². The van der Waals surface area contributed by atoms with Crippen LogP contribution in [0, 0.1) is 0 Å². The van der Waals surface area contributed by atoms with Gasteiger partial charge in [-0.3, -0.25) is 0 Å². The normalized spacial score (nSPS) is 14.2. The predicted octanol–water partition coefficient (Wildman–Crippen LogP) is 15.9. The third kappa shape index (κ3) is 7.22. The van der Waals surface area contributed by atoms with Gasteiger partial charge in [-0.05, 0) is 0 Å². The van der Waals surface area contributed by atoms with Crippen molar-refractivity contribution >= 4 is 192 Å². The molecule has 2 aliphatic rings. The molecule has 88 heavy (non-hydrogen) atoms. The minimum atomic E-state index is -3.00. The van der Waals surface area contributed by atoms with E-state index in [4.69, 9.17) is 0 Å². The van der Waals surface area contributed by atoms with Gasteiger partial charge in [0.1, 0.15) is 0 Å². The summed E-state index contributed by atoms with van der Waals surface area (Å²) in [6.45, 7) is 9.63. The Bertz CT molecular complexity index is 5060. The molecule has 18 rings (SSSR count). The van der Waals surface area contributed by atoms with Gasteiger partial charge in [0.05, 0.1) is 0 Å². The molecule has 0 amide bonds. The van der Waals surface area contributed by atoms with Gasteiger partial charge in [0, 0.05) is 0 Å². The van der Waals surface area contributed by atoms with E-state index >= 15 is 0 Å². The van der Waals surface area contributed by atoms with Crippen molar-refractivity contribution in [1.82, 2.24) is 0 Å². The summed E-state index contributed by atoms with van der Waals surface area (Å²) in [6, 6.07) is 110. The van der Waals surface area contributed by atoms with E-state index in [0.29, 0.717) is 0 Å². The molecule has 4 heterocycles. The molecule has 0 atom stereocenters. The third-order valence-electron chi connectivity index (χ3n) is 19.8. The molecular weight excluding hydrogens is 1230 g/mol. The molecule has 0 unspecified atom stereocenters. The van der Waals surface area contributed by atoms with Crippen LogP contribution >= 0.6 is 0 Å². The van der Waals surface area contributed by atoms with Gasteiger partial charge in [-0.2, -0.15) is 0 Å². The summed E-state index contributed by atoms with van der Waals surface area (Å²) in [5.41, 5.74) is 10.4. The molecule has 0 bridgehead atoms. The fraction of sp³-hybridized carbons (Fsp3) is 0.0732. The molecule has 6 heteroatoms. The van der Waals surface area contributed by atoms with Crippen LogP contribution in [0.3, 0.4) is 0 Å². The number of fused-ring (bicyclic) bond motifs is 10. The van der Waals surface area contributed by atoms with E-state index in [1.807, 2.05) is 0 Å². The Hall–Kier alpha value is -8.81. The molecule has 16 aromatic rings. The molecular formula is C82H60N2Se2Si2. The van der Waals surface area contributed by atoms with Gasteiger partial charge >= 0.3 is 531 Å². The van der Waals surface area contributed by atoms with Gasteiger partial charge in [0.15, 0.2) is 0 Å². The van der Waals surface area contributed by atoms with Gasteiger partial charge in [0.2, 0.25) is 0 Å². The second-order valence-electron chi connectivity index (χ2n) is 24.9. The van der Waals surface area contributed by atoms with Crippen molar-refractivity contribution in [2.75, 3.05) is 9.80 Å². The number of para-hydroxylation sites is 2. The topological polar surface area (TPSA) is 6.48 Å². The van der Waals surface area contributed by atoms with Crippen LogP contribution in [0.25, 0.3) is 70.9 Å². The zero-order valence-electron chi connectivity index (χ0n) is 49.4. The van der Waals surface area contributed by atoms with E-state index in [0.717, 1.165) is 0 Å². The van der Waals surface area contributed by atoms with Crippen molar-refractivity contribution in [2.45, 2.75) is 39.5 Å². The monoisotopic (exact) mass is 1290 g/mol. The van der Waals surface area contributed by atoms with Gasteiger partial charge in [-0.1, -0.05) is 0 Å². The first-order chi connectivity index (χ1) is 43.3. The molecule has 0 radical (unpaired) electrons. The van der Waals surface area contributed by atoms with Crippen LogP contribution in [0.2, 0.25) is 0 Å². The van der Waals surface area contributed by atoms with Crippen molar-refractivity contribution in [2.24, 2.45) is 0 Å². The van der Waals surface area contributed by atoms with Crippen LogP contribution in [0.15, 0.2) is 279 Å². The number of anilines is 6. The molecule has 0 fully saturated rings. The summed E-state index contributed by atoms with van der Waals surface area (Å²) < 4.78 is 5.84. The SMILES string of the molecule is CC(C)c1cc(N2c3ccccc3[Si](c3ccccc3)(c3ccccc3)c3cc4c(cc32)[se]c2ccccc24)c2ccc3c(C(C)C)cc(N4c5ccccc5[Si](c5ccccc5)(c5ccccc5)c5cc6c(cc54)[se]c4ccccc46)c4ccc1c2c34. The van der Waals surface area contributed by atoms with Gasteiger partial charge in [0.25, 0.3) is 0 Å². The molecule has 2 nitrogen and oxygen atoms in total. The fourth-order valence-corrected chi connectivity index (χ4v) is 31.1. The first-order valence-corrected chi connectivity index (χ1v) is 38.5. The van der Waals surface area contributed by atoms with Crippen molar-refractivity contribution in [3.8, 4) is 0 Å². The molecule has 418 valence electrons. The van der Waals surface area contributed by atoms with Crippen LogP contribution in [0.1, 0.15) is 50.7 Å². The second kappa shape index (κ2) is 19.9. The van der Waals surface area contributed by atoms with Gasteiger partial charge in [-0.15, -0.1) is 0 Å². The molecule has 0 N–H and O–H groups in total. The van der Waals surface area contributed by atoms with Crippen LogP contribution in [0.4, 0.5) is 34.1 Å². The van der Waals surface area contributed by atoms with Gasteiger partial charge < -0.3 is 0 Å². The Balaban J connectivity index is 0.964. The summed E-state index contributed by atoms with van der Waals surface area (Å²) in [6.07, 6.45) is 0. The van der Waals surface area contributed by atoms with E-state index in [1.54, 1.807) is 0 Å². The Kier molecular flexibility index (Phi) is 11.8. The maximum absolute atomic E-state index is 3.00. The Morgan fingerprint density at radius 1 is 0.250 bits per heavy atom. The first kappa shape index (κ1) is 52.3. The maximum atomic E-state index is 2.73. The Morgan fingerprint density at radius 3 is 0.955 bits per heavy atom. The van der Waals surface area contributed by atoms with E-state index < -0.39 is 16.1 Å². The van der Waals surface area contributed by atoms with Crippen molar-refractivity contribution in [3.05, 3.63) is 290 Å². The predicted molar refractivity (Wildman–Crippen MR) is 386 cm³/mol. The zero-order valence-corrected chi connectivity index (χ0v) is 54.8. The Labute approximate surface area is 527 Å². The number of hydrogen-bond donors (Lipinski definition) is 0. The molecule has 2 aliphatic heterocycles. The van der Waals surface area contributed by atoms with Crippen LogP contribution in [0.5, 0.6) is 0 Å². The van der Waals surface area contributed by atoms with Crippen molar-refractivity contribution in [1.29, 1.82) is 0 Å². The summed E-state index contributed by atoms with van der Waals surface area (Å²) in [5.74, 6) is 0.490. The zero-order chi connectivity index (χ0) is 58.6. The summed E-state index contributed by atoms with van der Waals surface area (Å²) >= 11 is 0.313. The number of nitrogens with zero attached hydrogens (tertiary/aromatic N) is 2. The number of hydrogen-bond acceptors (Lipinski definition) is 2. The van der Waals surface area contributed by atoms with E-state index in [-0.39, 0.29) is 40.8 Å². The summed E-state index contributed by atoms with van der Waals surface area (Å²) in [7, 11) is -6.00. The molecule has 0 aliphatic carbocycles. The number of rotatable bonds is 8. The molecule has 14 aromatic carbocycles. The average Bonchev–Trinajstić information content (AvgIpc) is 1.63. The van der Waals surface area contributed by atoms with Gasteiger partial charge in [-0.25, -0.2) is 0 Å². The number of benzene rings is 14. The Morgan fingerprint density at radius 2 is 0.580 bits per heavy atom. The third-order valence-corrected chi connectivity index (χ3v) is 34.3. The standard InChI is InChI=1S/C82H60N2Se2Si2/c1-51(2)63-45-69(83-67-35-19-23-39-77(67)87(53-25-9-5-10-26-53,54-27-11-6-12-28-54)79-47-65-57-33-17-21-37-73(57)85-75(65)49-71(79)83)61-44-42-60-64(52(3)4)46-70(62-43-41-59(63)81(61)82(60)62)84-68-36-20-24-40-78(68)88(55-29-13-7-14-30-55,56-31-15-8-16-32-56)80-48-66-58-34-18-22-38-74(58)86-76(66)50-72(80)84/h5-52H,1-4H3. The molecule has 0 saturated carbocycles. The summed E-state index contributed by atoms with van der Waals surface area (Å²) in [5, 5.41) is 24.9. The van der Waals surface area contributed by atoms with Crippen LogP contribution in [-0.4, -0.2) is 45.2 Å². The van der Waals surface area contributed by atoms with Crippen molar-refractivity contribution in [3.63, 3.8) is 0 Å². The summed E-state index contributed by atoms with van der Waals surface area (Å²) in [4.78, 5) is 5.47. The first-order valence-electron chi connectivity index (χ1n) is 31.0. The van der Waals surface area contributed by atoms with Crippen LogP contribution in [-0.2, 0) is 0 Å². The fourth-order valence-electron chi connectivity index (χ4n) is 16.2. The quantitative estimate of drug-likeness (QED) is 0.111. The van der Waals surface area contributed by atoms with Crippen LogP contribution < -0.4 is 51.3 Å². The molecule has 2 aromatic heterocycles. The van der Waals surface area contributed by atoms with Crippen molar-refractivity contribution < 1.29 is 0 Å². The minimum absolute atomic E-state index is 0.157. The average molecular weight is 1290 g/mol. The van der Waals surface area contributed by atoms with E-state index in [9.17, 15) is 0 Å².